The highest BCUT2D eigenvalue weighted by molar-refractivity contribution is 7.20. The van der Waals surface area contributed by atoms with Crippen molar-refractivity contribution in [2.45, 2.75) is 13.3 Å². The minimum atomic E-state index is -0.287. The Labute approximate surface area is 141 Å². The number of fused-ring (bicyclic) bond motifs is 1. The van der Waals surface area contributed by atoms with E-state index in [1.54, 1.807) is 12.3 Å². The average molecular weight is 347 g/mol. The van der Waals surface area contributed by atoms with Crippen LogP contribution in [0, 0.1) is 24.1 Å². The van der Waals surface area contributed by atoms with Gasteiger partial charge in [0.15, 0.2) is 0 Å². The number of aryl methyl sites for hydroxylation is 1. The number of anilines is 1. The third kappa shape index (κ3) is 3.26. The molecule has 2 heterocycles. The SMILES string of the molecule is Cc1cc(F)cc2c(CCNc3nccc(Cl)n3)c(C#N)sc12. The summed E-state index contributed by atoms with van der Waals surface area (Å²) >= 11 is 7.21. The minimum absolute atomic E-state index is 0.287. The fraction of sp³-hybridized carbons (Fsp3) is 0.188. The molecule has 1 N–H and O–H groups in total. The van der Waals surface area contributed by atoms with Crippen LogP contribution in [0.25, 0.3) is 10.1 Å². The van der Waals surface area contributed by atoms with Crippen molar-refractivity contribution >= 4 is 39.0 Å². The largest absolute Gasteiger partial charge is 0.354 e. The Bertz CT molecular complexity index is 916. The topological polar surface area (TPSA) is 61.6 Å². The highest BCUT2D eigenvalue weighted by Gasteiger charge is 2.14. The van der Waals surface area contributed by atoms with Crippen molar-refractivity contribution in [3.05, 3.63) is 51.4 Å². The van der Waals surface area contributed by atoms with E-state index in [0.717, 1.165) is 21.2 Å². The third-order valence-electron chi connectivity index (χ3n) is 3.42. The van der Waals surface area contributed by atoms with E-state index in [4.69, 9.17) is 11.6 Å². The number of halogens is 2. The summed E-state index contributed by atoms with van der Waals surface area (Å²) in [7, 11) is 0. The molecule has 0 atom stereocenters. The first-order chi connectivity index (χ1) is 11.1. The van der Waals surface area contributed by atoms with Crippen molar-refractivity contribution in [1.82, 2.24) is 9.97 Å². The molecule has 2 aromatic heterocycles. The van der Waals surface area contributed by atoms with Gasteiger partial charge in [0, 0.05) is 22.8 Å². The van der Waals surface area contributed by atoms with E-state index in [1.807, 2.05) is 6.92 Å². The highest BCUT2D eigenvalue weighted by atomic mass is 35.5. The number of hydrogen-bond acceptors (Lipinski definition) is 5. The molecule has 116 valence electrons. The van der Waals surface area contributed by atoms with Crippen molar-refractivity contribution < 1.29 is 4.39 Å². The summed E-state index contributed by atoms with van der Waals surface area (Å²) in [4.78, 5) is 8.72. The zero-order valence-electron chi connectivity index (χ0n) is 12.2. The lowest BCUT2D eigenvalue weighted by atomic mass is 10.1. The van der Waals surface area contributed by atoms with Gasteiger partial charge in [-0.2, -0.15) is 5.26 Å². The molecule has 3 aromatic rings. The molecule has 0 aliphatic rings. The lowest BCUT2D eigenvalue weighted by Gasteiger charge is -2.05. The van der Waals surface area contributed by atoms with Gasteiger partial charge in [-0.05, 0) is 42.7 Å². The molecule has 7 heteroatoms. The van der Waals surface area contributed by atoms with Gasteiger partial charge in [-0.15, -0.1) is 11.3 Å². The van der Waals surface area contributed by atoms with Crippen molar-refractivity contribution in [3.8, 4) is 6.07 Å². The zero-order chi connectivity index (χ0) is 16.4. The quantitative estimate of drug-likeness (QED) is 0.715. The van der Waals surface area contributed by atoms with Crippen LogP contribution in [0.4, 0.5) is 10.3 Å². The summed E-state index contributed by atoms with van der Waals surface area (Å²) in [5.41, 5.74) is 1.70. The van der Waals surface area contributed by atoms with Crippen LogP contribution >= 0.6 is 22.9 Å². The molecule has 23 heavy (non-hydrogen) atoms. The fourth-order valence-electron chi connectivity index (χ4n) is 2.44. The number of nitrogens with zero attached hydrogens (tertiary/aromatic N) is 3. The van der Waals surface area contributed by atoms with Crippen LogP contribution in [-0.4, -0.2) is 16.5 Å². The minimum Gasteiger partial charge on any atom is -0.354 e. The summed E-state index contributed by atoms with van der Waals surface area (Å²) in [5, 5.41) is 13.6. The summed E-state index contributed by atoms with van der Waals surface area (Å²) in [5.74, 6) is 0.141. The second-order valence-corrected chi connectivity index (χ2v) is 6.41. The molecule has 0 fully saturated rings. The van der Waals surface area contributed by atoms with Crippen molar-refractivity contribution in [1.29, 1.82) is 5.26 Å². The second kappa shape index (κ2) is 6.49. The first-order valence-corrected chi connectivity index (χ1v) is 8.12. The van der Waals surface area contributed by atoms with Gasteiger partial charge in [0.05, 0.1) is 0 Å². The molecule has 3 rings (SSSR count). The molecule has 4 nitrogen and oxygen atoms in total. The number of benzene rings is 1. The lowest BCUT2D eigenvalue weighted by Crippen LogP contribution is -2.08. The van der Waals surface area contributed by atoms with Crippen LogP contribution in [-0.2, 0) is 6.42 Å². The van der Waals surface area contributed by atoms with Gasteiger partial charge in [-0.1, -0.05) is 11.6 Å². The van der Waals surface area contributed by atoms with E-state index < -0.39 is 0 Å². The Hall–Kier alpha value is -2.23. The molecule has 0 saturated heterocycles. The van der Waals surface area contributed by atoms with E-state index >= 15 is 0 Å². The molecule has 1 aromatic carbocycles. The first kappa shape index (κ1) is 15.7. The Morgan fingerprint density at radius 3 is 3.00 bits per heavy atom. The third-order valence-corrected chi connectivity index (χ3v) is 4.92. The van der Waals surface area contributed by atoms with Crippen molar-refractivity contribution in [3.63, 3.8) is 0 Å². The maximum Gasteiger partial charge on any atom is 0.224 e. The number of nitriles is 1. The number of aromatic nitrogens is 2. The average Bonchev–Trinajstić information content (AvgIpc) is 2.86. The molecule has 0 unspecified atom stereocenters. The first-order valence-electron chi connectivity index (χ1n) is 6.92. The Morgan fingerprint density at radius 2 is 2.26 bits per heavy atom. The number of nitrogens with one attached hydrogen (secondary N) is 1. The van der Waals surface area contributed by atoms with E-state index in [9.17, 15) is 9.65 Å². The van der Waals surface area contributed by atoms with Crippen molar-refractivity contribution in [2.75, 3.05) is 11.9 Å². The van der Waals surface area contributed by atoms with Gasteiger partial charge in [0.1, 0.15) is 21.9 Å². The summed E-state index contributed by atoms with van der Waals surface area (Å²) in [6.07, 6.45) is 2.14. The number of hydrogen-bond donors (Lipinski definition) is 1. The van der Waals surface area contributed by atoms with Crippen LogP contribution in [0.2, 0.25) is 5.15 Å². The Balaban J connectivity index is 1.86. The predicted octanol–water partition coefficient (Wildman–Crippen LogP) is 4.32. The van der Waals surface area contributed by atoms with Crippen LogP contribution in [0.1, 0.15) is 16.0 Å². The smallest absolute Gasteiger partial charge is 0.224 e. The van der Waals surface area contributed by atoms with Crippen LogP contribution in [0.15, 0.2) is 24.4 Å². The van der Waals surface area contributed by atoms with E-state index in [2.05, 4.69) is 21.4 Å². The molecular weight excluding hydrogens is 335 g/mol. The fourth-order valence-corrected chi connectivity index (χ4v) is 3.67. The Kier molecular flexibility index (Phi) is 4.42. The van der Waals surface area contributed by atoms with Crippen molar-refractivity contribution in [2.24, 2.45) is 0 Å². The maximum atomic E-state index is 13.7. The maximum absolute atomic E-state index is 13.7. The Morgan fingerprint density at radius 1 is 1.43 bits per heavy atom. The normalized spacial score (nSPS) is 10.7. The molecule has 0 aliphatic carbocycles. The number of thiophene rings is 1. The van der Waals surface area contributed by atoms with Gasteiger partial charge < -0.3 is 5.32 Å². The zero-order valence-corrected chi connectivity index (χ0v) is 13.8. The second-order valence-electron chi connectivity index (χ2n) is 5.00. The van der Waals surface area contributed by atoms with Gasteiger partial charge in [-0.25, -0.2) is 14.4 Å². The standard InChI is InChI=1S/C16H12ClFN4S/c1-9-6-10(18)7-12-11(13(8-19)23-15(9)12)2-4-20-16-21-5-3-14(17)22-16/h3,5-7H,2,4H2,1H3,(H,20,21,22). The van der Waals surface area contributed by atoms with Gasteiger partial charge in [-0.3, -0.25) is 0 Å². The van der Waals surface area contributed by atoms with Gasteiger partial charge in [0.2, 0.25) is 5.95 Å². The summed E-state index contributed by atoms with van der Waals surface area (Å²) < 4.78 is 14.6. The van der Waals surface area contributed by atoms with Crippen LogP contribution in [0.5, 0.6) is 0 Å². The number of rotatable bonds is 4. The molecule has 0 amide bonds. The van der Waals surface area contributed by atoms with Gasteiger partial charge >= 0.3 is 0 Å². The summed E-state index contributed by atoms with van der Waals surface area (Å²) in [6, 6.07) is 6.78. The summed E-state index contributed by atoms with van der Waals surface area (Å²) in [6.45, 7) is 2.38. The lowest BCUT2D eigenvalue weighted by molar-refractivity contribution is 0.628. The molecular formula is C16H12ClFN4S. The highest BCUT2D eigenvalue weighted by Crippen LogP contribution is 2.34. The van der Waals surface area contributed by atoms with E-state index in [0.29, 0.717) is 28.9 Å². The van der Waals surface area contributed by atoms with Crippen LogP contribution in [0.3, 0.4) is 0 Å². The van der Waals surface area contributed by atoms with Gasteiger partial charge in [0.25, 0.3) is 0 Å². The molecule has 0 radical (unpaired) electrons. The van der Waals surface area contributed by atoms with Crippen LogP contribution < -0.4 is 5.32 Å². The molecule has 0 aliphatic heterocycles. The van der Waals surface area contributed by atoms with E-state index in [-0.39, 0.29) is 5.82 Å². The molecule has 0 spiro atoms. The monoisotopic (exact) mass is 346 g/mol. The molecule has 0 saturated carbocycles. The predicted molar refractivity (Wildman–Crippen MR) is 90.5 cm³/mol. The molecule has 0 bridgehead atoms. The van der Waals surface area contributed by atoms with E-state index in [1.165, 1.54) is 23.5 Å².